The van der Waals surface area contributed by atoms with Crippen LogP contribution in [-0.4, -0.2) is 22.9 Å². The van der Waals surface area contributed by atoms with Gasteiger partial charge in [-0.2, -0.15) is 0 Å². The lowest BCUT2D eigenvalue weighted by Crippen LogP contribution is -2.41. The van der Waals surface area contributed by atoms with Crippen LogP contribution in [0.1, 0.15) is 33.3 Å². The molecular formula is C15H20ClNO. The number of carbonyl (C=O) groups is 1. The third kappa shape index (κ3) is 4.19. The van der Waals surface area contributed by atoms with E-state index in [4.69, 9.17) is 11.6 Å². The predicted molar refractivity (Wildman–Crippen MR) is 77.6 cm³/mol. The van der Waals surface area contributed by atoms with Crippen molar-refractivity contribution in [2.45, 2.75) is 39.8 Å². The van der Waals surface area contributed by atoms with Gasteiger partial charge in [-0.15, -0.1) is 0 Å². The van der Waals surface area contributed by atoms with Crippen molar-refractivity contribution in [3.8, 4) is 0 Å². The zero-order chi connectivity index (χ0) is 13.7. The van der Waals surface area contributed by atoms with Crippen LogP contribution in [0.4, 0.5) is 0 Å². The SMILES string of the molecule is CC(C)N(C(=O)/C=C/c1cccc(Cl)c1)C(C)C. The third-order valence-corrected chi connectivity index (χ3v) is 2.87. The molecule has 0 saturated carbocycles. The van der Waals surface area contributed by atoms with Gasteiger partial charge in [0.25, 0.3) is 0 Å². The highest BCUT2D eigenvalue weighted by Crippen LogP contribution is 2.13. The Bertz CT molecular complexity index is 430. The molecule has 0 aliphatic rings. The molecule has 0 spiro atoms. The van der Waals surface area contributed by atoms with Crippen molar-refractivity contribution in [3.05, 3.63) is 40.9 Å². The van der Waals surface area contributed by atoms with E-state index in [0.717, 1.165) is 5.56 Å². The lowest BCUT2D eigenvalue weighted by atomic mass is 10.2. The second kappa shape index (κ2) is 6.60. The Morgan fingerprint density at radius 2 is 1.83 bits per heavy atom. The lowest BCUT2D eigenvalue weighted by Gasteiger charge is -2.29. The highest BCUT2D eigenvalue weighted by atomic mass is 35.5. The average Bonchev–Trinajstić information content (AvgIpc) is 2.25. The van der Waals surface area contributed by atoms with Gasteiger partial charge in [0.15, 0.2) is 0 Å². The van der Waals surface area contributed by atoms with Crippen molar-refractivity contribution in [1.29, 1.82) is 0 Å². The minimum absolute atomic E-state index is 0.0278. The van der Waals surface area contributed by atoms with Gasteiger partial charge in [-0.25, -0.2) is 0 Å². The number of rotatable bonds is 4. The highest BCUT2D eigenvalue weighted by molar-refractivity contribution is 6.30. The van der Waals surface area contributed by atoms with Crippen molar-refractivity contribution in [1.82, 2.24) is 4.90 Å². The number of hydrogen-bond acceptors (Lipinski definition) is 1. The lowest BCUT2D eigenvalue weighted by molar-refractivity contribution is -0.129. The molecule has 0 fully saturated rings. The molecule has 0 aliphatic heterocycles. The maximum absolute atomic E-state index is 12.1. The number of halogens is 1. The van der Waals surface area contributed by atoms with Crippen LogP contribution in [0.25, 0.3) is 6.08 Å². The van der Waals surface area contributed by atoms with E-state index in [0.29, 0.717) is 5.02 Å². The van der Waals surface area contributed by atoms with Crippen LogP contribution in [0, 0.1) is 0 Å². The summed E-state index contributed by atoms with van der Waals surface area (Å²) in [5.74, 6) is 0.0278. The number of benzene rings is 1. The molecule has 0 aromatic heterocycles. The Labute approximate surface area is 114 Å². The number of carbonyl (C=O) groups excluding carboxylic acids is 1. The second-order valence-corrected chi connectivity index (χ2v) is 5.26. The summed E-state index contributed by atoms with van der Waals surface area (Å²) in [7, 11) is 0. The van der Waals surface area contributed by atoms with Gasteiger partial charge in [-0.05, 0) is 51.5 Å². The van der Waals surface area contributed by atoms with Gasteiger partial charge in [-0.1, -0.05) is 23.7 Å². The minimum atomic E-state index is 0.0278. The summed E-state index contributed by atoms with van der Waals surface area (Å²) < 4.78 is 0. The molecule has 18 heavy (non-hydrogen) atoms. The molecular weight excluding hydrogens is 246 g/mol. The Kier molecular flexibility index (Phi) is 5.42. The van der Waals surface area contributed by atoms with Gasteiger partial charge < -0.3 is 4.90 Å². The fourth-order valence-corrected chi connectivity index (χ4v) is 2.17. The zero-order valence-electron chi connectivity index (χ0n) is 11.4. The number of nitrogens with zero attached hydrogens (tertiary/aromatic N) is 1. The Morgan fingerprint density at radius 3 is 2.33 bits per heavy atom. The first-order valence-corrected chi connectivity index (χ1v) is 6.55. The van der Waals surface area contributed by atoms with Gasteiger partial charge in [0.1, 0.15) is 0 Å². The summed E-state index contributed by atoms with van der Waals surface area (Å²) in [6.45, 7) is 8.08. The third-order valence-electron chi connectivity index (χ3n) is 2.63. The van der Waals surface area contributed by atoms with E-state index < -0.39 is 0 Å². The molecule has 1 amide bonds. The smallest absolute Gasteiger partial charge is 0.247 e. The highest BCUT2D eigenvalue weighted by Gasteiger charge is 2.17. The number of hydrogen-bond donors (Lipinski definition) is 0. The molecule has 1 aromatic rings. The molecule has 0 aliphatic carbocycles. The summed E-state index contributed by atoms with van der Waals surface area (Å²) in [6, 6.07) is 7.83. The average molecular weight is 266 g/mol. The maximum Gasteiger partial charge on any atom is 0.247 e. The molecule has 98 valence electrons. The van der Waals surface area contributed by atoms with Gasteiger partial charge in [-0.3, -0.25) is 4.79 Å². The second-order valence-electron chi connectivity index (χ2n) is 4.82. The van der Waals surface area contributed by atoms with Crippen LogP contribution in [0.3, 0.4) is 0 Å². The molecule has 2 nitrogen and oxygen atoms in total. The van der Waals surface area contributed by atoms with Crippen molar-refractivity contribution in [3.63, 3.8) is 0 Å². The van der Waals surface area contributed by atoms with Crippen molar-refractivity contribution in [2.75, 3.05) is 0 Å². The summed E-state index contributed by atoms with van der Waals surface area (Å²) in [6.07, 6.45) is 3.40. The van der Waals surface area contributed by atoms with Crippen LogP contribution < -0.4 is 0 Å². The first-order valence-electron chi connectivity index (χ1n) is 6.17. The maximum atomic E-state index is 12.1. The first-order chi connectivity index (χ1) is 8.41. The monoisotopic (exact) mass is 265 g/mol. The molecule has 1 aromatic carbocycles. The minimum Gasteiger partial charge on any atom is -0.334 e. The summed E-state index contributed by atoms with van der Waals surface area (Å²) in [5.41, 5.74) is 0.934. The Morgan fingerprint density at radius 1 is 1.22 bits per heavy atom. The zero-order valence-corrected chi connectivity index (χ0v) is 12.1. The summed E-state index contributed by atoms with van der Waals surface area (Å²) >= 11 is 5.89. The molecule has 0 atom stereocenters. The Balaban J connectivity index is 2.80. The number of amides is 1. The van der Waals surface area contributed by atoms with E-state index in [2.05, 4.69) is 0 Å². The van der Waals surface area contributed by atoms with Crippen LogP contribution in [0.15, 0.2) is 30.3 Å². The van der Waals surface area contributed by atoms with Crippen LogP contribution in [0.5, 0.6) is 0 Å². The van der Waals surface area contributed by atoms with Gasteiger partial charge in [0, 0.05) is 23.2 Å². The molecule has 0 radical (unpaired) electrons. The quantitative estimate of drug-likeness (QED) is 0.754. The van der Waals surface area contributed by atoms with Gasteiger partial charge >= 0.3 is 0 Å². The molecule has 0 unspecified atom stereocenters. The van der Waals surface area contributed by atoms with Crippen molar-refractivity contribution < 1.29 is 4.79 Å². The van der Waals surface area contributed by atoms with E-state index in [-0.39, 0.29) is 18.0 Å². The van der Waals surface area contributed by atoms with E-state index in [1.165, 1.54) is 0 Å². The topological polar surface area (TPSA) is 20.3 Å². The Hall–Kier alpha value is -1.28. The fraction of sp³-hybridized carbons (Fsp3) is 0.400. The molecule has 1 rings (SSSR count). The van der Waals surface area contributed by atoms with E-state index in [9.17, 15) is 4.79 Å². The predicted octanol–water partition coefficient (Wildman–Crippen LogP) is 4.00. The molecule has 0 N–H and O–H groups in total. The van der Waals surface area contributed by atoms with Gasteiger partial charge in [0.2, 0.25) is 5.91 Å². The fourth-order valence-electron chi connectivity index (χ4n) is 1.97. The van der Waals surface area contributed by atoms with Crippen molar-refractivity contribution >= 4 is 23.6 Å². The van der Waals surface area contributed by atoms with Crippen molar-refractivity contribution in [2.24, 2.45) is 0 Å². The van der Waals surface area contributed by atoms with Crippen LogP contribution in [-0.2, 0) is 4.79 Å². The van der Waals surface area contributed by atoms with E-state index >= 15 is 0 Å². The molecule has 0 saturated heterocycles. The molecule has 0 heterocycles. The largest absolute Gasteiger partial charge is 0.334 e. The summed E-state index contributed by atoms with van der Waals surface area (Å²) in [4.78, 5) is 13.9. The first kappa shape index (κ1) is 14.8. The molecule has 3 heteroatoms. The molecule has 0 bridgehead atoms. The van der Waals surface area contributed by atoms with Crippen LogP contribution >= 0.6 is 11.6 Å². The normalized spacial score (nSPS) is 11.5. The van der Waals surface area contributed by atoms with Gasteiger partial charge in [0.05, 0.1) is 0 Å². The summed E-state index contributed by atoms with van der Waals surface area (Å²) in [5, 5.41) is 0.675. The van der Waals surface area contributed by atoms with E-state index in [1.54, 1.807) is 12.2 Å². The standard InChI is InChI=1S/C15H20ClNO/c1-11(2)17(12(3)4)15(18)9-8-13-6-5-7-14(16)10-13/h5-12H,1-4H3/b9-8+. The van der Waals surface area contributed by atoms with E-state index in [1.807, 2.05) is 56.9 Å². The van der Waals surface area contributed by atoms with Crippen LogP contribution in [0.2, 0.25) is 5.02 Å².